The van der Waals surface area contributed by atoms with Crippen LogP contribution in [0.5, 0.6) is 5.75 Å². The van der Waals surface area contributed by atoms with E-state index in [1.54, 1.807) is 7.11 Å². The van der Waals surface area contributed by atoms with Crippen LogP contribution in [0.3, 0.4) is 0 Å². The first-order valence-electron chi connectivity index (χ1n) is 7.33. The van der Waals surface area contributed by atoms with Gasteiger partial charge in [0.15, 0.2) is 0 Å². The Balaban J connectivity index is 1.81. The molecule has 1 aromatic heterocycles. The maximum absolute atomic E-state index is 11.7. The Labute approximate surface area is 129 Å². The van der Waals surface area contributed by atoms with Crippen molar-refractivity contribution in [2.24, 2.45) is 5.92 Å². The fourth-order valence-corrected chi connectivity index (χ4v) is 2.91. The topological polar surface area (TPSA) is 66.2 Å². The largest absolute Gasteiger partial charge is 0.496 e. The fraction of sp³-hybridized carbons (Fsp3) is 0.438. The molecule has 2 heterocycles. The van der Waals surface area contributed by atoms with Crippen LogP contribution in [0.2, 0.25) is 0 Å². The number of hydrogen-bond donors (Lipinski definition) is 0. The molecular weight excluding hydrogens is 282 g/mol. The van der Waals surface area contributed by atoms with Gasteiger partial charge in [-0.2, -0.15) is 0 Å². The summed E-state index contributed by atoms with van der Waals surface area (Å²) < 4.78 is 12.3. The van der Waals surface area contributed by atoms with Crippen LogP contribution in [0, 0.1) is 5.92 Å². The third-order valence-corrected chi connectivity index (χ3v) is 4.11. The molecule has 1 unspecified atom stereocenters. The predicted octanol–water partition coefficient (Wildman–Crippen LogP) is 1.61. The molecule has 6 heteroatoms. The van der Waals surface area contributed by atoms with Gasteiger partial charge in [0, 0.05) is 24.9 Å². The van der Waals surface area contributed by atoms with Crippen molar-refractivity contribution in [1.29, 1.82) is 0 Å². The van der Waals surface area contributed by atoms with Crippen LogP contribution >= 0.6 is 0 Å². The lowest BCUT2D eigenvalue weighted by Gasteiger charge is -2.21. The first-order chi connectivity index (χ1) is 10.7. The minimum atomic E-state index is -0.166. The number of para-hydroxylation sites is 1. The molecule has 0 aliphatic carbocycles. The number of nitrogens with zero attached hydrogens (tertiary/aromatic N) is 3. The molecule has 0 radical (unpaired) electrons. The van der Waals surface area contributed by atoms with Gasteiger partial charge < -0.3 is 14.0 Å². The number of carbonyl (C=O) groups is 1. The summed E-state index contributed by atoms with van der Waals surface area (Å²) in [5.74, 6) is 2.33. The Morgan fingerprint density at radius 2 is 2.14 bits per heavy atom. The van der Waals surface area contributed by atoms with Crippen molar-refractivity contribution in [3.63, 3.8) is 0 Å². The molecule has 0 amide bonds. The van der Waals surface area contributed by atoms with E-state index in [2.05, 4.69) is 14.8 Å². The van der Waals surface area contributed by atoms with Crippen molar-refractivity contribution in [3.8, 4) is 5.75 Å². The van der Waals surface area contributed by atoms with E-state index >= 15 is 0 Å². The summed E-state index contributed by atoms with van der Waals surface area (Å²) in [6.07, 6.45) is 2.02. The molecule has 22 heavy (non-hydrogen) atoms. The van der Waals surface area contributed by atoms with E-state index in [1.165, 1.54) is 7.11 Å². The van der Waals surface area contributed by atoms with E-state index in [1.807, 2.05) is 24.3 Å². The zero-order chi connectivity index (χ0) is 15.5. The molecule has 6 nitrogen and oxygen atoms in total. The average Bonchev–Trinajstić information content (AvgIpc) is 2.97. The summed E-state index contributed by atoms with van der Waals surface area (Å²) in [6.45, 7) is 0.743. The normalized spacial score (nSPS) is 16.9. The minimum absolute atomic E-state index is 0.110. The molecule has 0 fully saturated rings. The van der Waals surface area contributed by atoms with Crippen LogP contribution in [0.1, 0.15) is 23.6 Å². The van der Waals surface area contributed by atoms with Crippen LogP contribution in [-0.2, 0) is 28.9 Å². The van der Waals surface area contributed by atoms with Gasteiger partial charge in [-0.15, -0.1) is 10.2 Å². The van der Waals surface area contributed by atoms with Gasteiger partial charge in [0.2, 0.25) is 0 Å². The van der Waals surface area contributed by atoms with Crippen molar-refractivity contribution in [2.75, 3.05) is 14.2 Å². The number of aromatic nitrogens is 3. The van der Waals surface area contributed by atoms with E-state index in [-0.39, 0.29) is 11.9 Å². The van der Waals surface area contributed by atoms with Gasteiger partial charge >= 0.3 is 5.97 Å². The molecule has 1 aliphatic rings. The highest BCUT2D eigenvalue weighted by molar-refractivity contribution is 5.72. The monoisotopic (exact) mass is 301 g/mol. The number of esters is 1. The van der Waals surface area contributed by atoms with E-state index in [9.17, 15) is 4.79 Å². The highest BCUT2D eigenvalue weighted by Gasteiger charge is 2.28. The molecule has 0 saturated carbocycles. The van der Waals surface area contributed by atoms with Crippen LogP contribution in [-0.4, -0.2) is 35.0 Å². The van der Waals surface area contributed by atoms with Crippen molar-refractivity contribution in [3.05, 3.63) is 41.5 Å². The molecule has 3 rings (SSSR count). The molecule has 0 spiro atoms. The van der Waals surface area contributed by atoms with E-state index in [0.29, 0.717) is 12.8 Å². The number of carbonyl (C=O) groups excluding carboxylic acids is 1. The number of benzene rings is 1. The molecule has 2 aromatic rings. The lowest BCUT2D eigenvalue weighted by Crippen LogP contribution is -2.27. The van der Waals surface area contributed by atoms with Crippen LogP contribution < -0.4 is 4.74 Å². The second-order valence-corrected chi connectivity index (χ2v) is 5.39. The minimum Gasteiger partial charge on any atom is -0.496 e. The molecule has 0 bridgehead atoms. The average molecular weight is 301 g/mol. The van der Waals surface area contributed by atoms with Gasteiger partial charge in [-0.05, 0) is 12.5 Å². The first-order valence-corrected chi connectivity index (χ1v) is 7.33. The smallest absolute Gasteiger partial charge is 0.309 e. The number of hydrogen-bond acceptors (Lipinski definition) is 5. The SMILES string of the molecule is COC(=O)C1CCn2c(Cc3ccccc3OC)nnc2C1. The van der Waals surface area contributed by atoms with Crippen molar-refractivity contribution in [2.45, 2.75) is 25.8 Å². The summed E-state index contributed by atoms with van der Waals surface area (Å²) in [5.41, 5.74) is 1.08. The van der Waals surface area contributed by atoms with Crippen molar-refractivity contribution >= 4 is 5.97 Å². The molecule has 1 aliphatic heterocycles. The molecule has 1 atom stereocenters. The zero-order valence-corrected chi connectivity index (χ0v) is 12.8. The summed E-state index contributed by atoms with van der Waals surface area (Å²) in [7, 11) is 3.09. The standard InChI is InChI=1S/C16H19N3O3/c1-21-13-6-4-3-5-11(13)9-14-17-18-15-10-12(16(20)22-2)7-8-19(14)15/h3-6,12H,7-10H2,1-2H3. The van der Waals surface area contributed by atoms with Gasteiger partial charge in [-0.1, -0.05) is 18.2 Å². The Morgan fingerprint density at radius 1 is 1.32 bits per heavy atom. The first kappa shape index (κ1) is 14.6. The second-order valence-electron chi connectivity index (χ2n) is 5.39. The van der Waals surface area contributed by atoms with Crippen molar-refractivity contribution < 1.29 is 14.3 Å². The molecule has 116 valence electrons. The van der Waals surface area contributed by atoms with E-state index in [4.69, 9.17) is 9.47 Å². The number of rotatable bonds is 4. The fourth-order valence-electron chi connectivity index (χ4n) is 2.91. The predicted molar refractivity (Wildman–Crippen MR) is 79.6 cm³/mol. The molecular formula is C16H19N3O3. The highest BCUT2D eigenvalue weighted by Crippen LogP contribution is 2.25. The van der Waals surface area contributed by atoms with Gasteiger partial charge in [-0.3, -0.25) is 4.79 Å². The zero-order valence-electron chi connectivity index (χ0n) is 12.8. The lowest BCUT2D eigenvalue weighted by molar-refractivity contribution is -0.146. The van der Waals surface area contributed by atoms with Gasteiger partial charge in [0.25, 0.3) is 0 Å². The van der Waals surface area contributed by atoms with E-state index < -0.39 is 0 Å². The molecule has 0 N–H and O–H groups in total. The van der Waals surface area contributed by atoms with Crippen LogP contribution in [0.15, 0.2) is 24.3 Å². The van der Waals surface area contributed by atoms with Gasteiger partial charge in [0.1, 0.15) is 17.4 Å². The molecule has 0 saturated heterocycles. The lowest BCUT2D eigenvalue weighted by atomic mass is 9.98. The number of fused-ring (bicyclic) bond motifs is 1. The Hall–Kier alpha value is -2.37. The Bertz CT molecular complexity index is 681. The quantitative estimate of drug-likeness (QED) is 0.803. The van der Waals surface area contributed by atoms with Gasteiger partial charge in [-0.25, -0.2) is 0 Å². The third kappa shape index (κ3) is 2.68. The summed E-state index contributed by atoms with van der Waals surface area (Å²) in [6, 6.07) is 7.90. The maximum atomic E-state index is 11.7. The maximum Gasteiger partial charge on any atom is 0.309 e. The summed E-state index contributed by atoms with van der Waals surface area (Å²) >= 11 is 0. The number of methoxy groups -OCH3 is 2. The van der Waals surface area contributed by atoms with E-state index in [0.717, 1.165) is 35.9 Å². The summed E-state index contributed by atoms with van der Waals surface area (Å²) in [4.78, 5) is 11.7. The Morgan fingerprint density at radius 3 is 2.91 bits per heavy atom. The van der Waals surface area contributed by atoms with Gasteiger partial charge in [0.05, 0.1) is 20.1 Å². The number of ether oxygens (including phenoxy) is 2. The van der Waals surface area contributed by atoms with Crippen LogP contribution in [0.4, 0.5) is 0 Å². The second kappa shape index (κ2) is 6.17. The molecule has 1 aromatic carbocycles. The van der Waals surface area contributed by atoms with Crippen LogP contribution in [0.25, 0.3) is 0 Å². The summed E-state index contributed by atoms with van der Waals surface area (Å²) in [5, 5.41) is 8.53. The van der Waals surface area contributed by atoms with Crippen molar-refractivity contribution in [1.82, 2.24) is 14.8 Å². The Kier molecular flexibility index (Phi) is 4.09. The third-order valence-electron chi connectivity index (χ3n) is 4.11. The highest BCUT2D eigenvalue weighted by atomic mass is 16.5.